The summed E-state index contributed by atoms with van der Waals surface area (Å²) in [5.41, 5.74) is 4.39. The lowest BCUT2D eigenvalue weighted by molar-refractivity contribution is -0.116. The van der Waals surface area contributed by atoms with Crippen molar-refractivity contribution in [2.24, 2.45) is 0 Å². The number of benzene rings is 2. The molecule has 0 fully saturated rings. The van der Waals surface area contributed by atoms with Gasteiger partial charge in [0.15, 0.2) is 5.78 Å². The maximum absolute atomic E-state index is 13.1. The Morgan fingerprint density at radius 3 is 2.31 bits per heavy atom. The summed E-state index contributed by atoms with van der Waals surface area (Å²) in [7, 11) is 6.52. The molecular weight excluding hydrogens is 370 g/mol. The molecule has 1 heterocycles. The van der Waals surface area contributed by atoms with E-state index in [1.807, 2.05) is 30.3 Å². The van der Waals surface area contributed by atoms with Crippen molar-refractivity contribution in [2.45, 2.75) is 25.2 Å². The topological polar surface area (TPSA) is 66.0 Å². The van der Waals surface area contributed by atoms with E-state index in [0.29, 0.717) is 29.4 Å². The number of Topliss-reactive ketones (excluding diaryl/α,β-unsaturated/α-hetero) is 1. The number of carbonyl (C=O) groups is 1. The van der Waals surface area contributed by atoms with Gasteiger partial charge in [0.05, 0.1) is 28.4 Å². The molecule has 0 radical (unpaired) electrons. The van der Waals surface area contributed by atoms with Crippen LogP contribution in [-0.2, 0) is 4.79 Å². The monoisotopic (exact) mass is 395 g/mol. The van der Waals surface area contributed by atoms with Crippen LogP contribution in [0.25, 0.3) is 0 Å². The maximum atomic E-state index is 13.1. The first kappa shape index (κ1) is 19.2. The van der Waals surface area contributed by atoms with E-state index in [-0.39, 0.29) is 11.7 Å². The number of methoxy groups -OCH3 is 4. The third kappa shape index (κ3) is 3.18. The zero-order valence-electron chi connectivity index (χ0n) is 17.1. The van der Waals surface area contributed by atoms with Gasteiger partial charge in [-0.25, -0.2) is 0 Å². The van der Waals surface area contributed by atoms with Gasteiger partial charge in [-0.1, -0.05) is 0 Å². The summed E-state index contributed by atoms with van der Waals surface area (Å²) in [5.74, 6) is 2.59. The Balaban J connectivity index is 2.03. The number of nitrogens with one attached hydrogen (secondary N) is 1. The van der Waals surface area contributed by atoms with Gasteiger partial charge < -0.3 is 24.3 Å². The van der Waals surface area contributed by atoms with Gasteiger partial charge in [0.2, 0.25) is 0 Å². The Bertz CT molecular complexity index is 995. The molecular formula is C23H25NO5. The van der Waals surface area contributed by atoms with Crippen LogP contribution in [0.4, 0.5) is 5.69 Å². The van der Waals surface area contributed by atoms with Gasteiger partial charge in [-0.3, -0.25) is 4.79 Å². The molecule has 0 bridgehead atoms. The van der Waals surface area contributed by atoms with Gasteiger partial charge in [-0.2, -0.15) is 0 Å². The van der Waals surface area contributed by atoms with Crippen LogP contribution in [0, 0.1) is 0 Å². The van der Waals surface area contributed by atoms with Crippen molar-refractivity contribution in [3.05, 3.63) is 52.7 Å². The van der Waals surface area contributed by atoms with Crippen LogP contribution < -0.4 is 24.3 Å². The molecule has 1 aliphatic heterocycles. The Morgan fingerprint density at radius 2 is 1.62 bits per heavy atom. The number of rotatable bonds is 5. The first-order valence-corrected chi connectivity index (χ1v) is 9.62. The molecule has 0 saturated heterocycles. The average molecular weight is 395 g/mol. The average Bonchev–Trinajstić information content (AvgIpc) is 2.76. The lowest BCUT2D eigenvalue weighted by atomic mass is 9.74. The van der Waals surface area contributed by atoms with Crippen molar-refractivity contribution in [3.63, 3.8) is 0 Å². The van der Waals surface area contributed by atoms with Crippen LogP contribution in [0.2, 0.25) is 0 Å². The van der Waals surface area contributed by atoms with Gasteiger partial charge in [0.1, 0.15) is 23.0 Å². The molecule has 1 atom stereocenters. The second kappa shape index (κ2) is 7.70. The molecule has 0 aromatic heterocycles. The first-order chi connectivity index (χ1) is 14.1. The lowest BCUT2D eigenvalue weighted by Crippen LogP contribution is -2.27. The van der Waals surface area contributed by atoms with Crippen molar-refractivity contribution in [1.82, 2.24) is 0 Å². The molecule has 29 heavy (non-hydrogen) atoms. The van der Waals surface area contributed by atoms with Crippen LogP contribution in [0.5, 0.6) is 23.0 Å². The third-order valence-corrected chi connectivity index (χ3v) is 5.64. The van der Waals surface area contributed by atoms with E-state index in [0.717, 1.165) is 40.9 Å². The van der Waals surface area contributed by atoms with E-state index in [1.54, 1.807) is 28.4 Å². The molecule has 152 valence electrons. The summed E-state index contributed by atoms with van der Waals surface area (Å²) in [6, 6.07) is 9.46. The maximum Gasteiger partial charge on any atom is 0.161 e. The van der Waals surface area contributed by atoms with Crippen molar-refractivity contribution < 1.29 is 23.7 Å². The van der Waals surface area contributed by atoms with Gasteiger partial charge in [0.25, 0.3) is 0 Å². The van der Waals surface area contributed by atoms with Crippen molar-refractivity contribution in [2.75, 3.05) is 33.8 Å². The third-order valence-electron chi connectivity index (χ3n) is 5.64. The number of hydrogen-bond acceptors (Lipinski definition) is 6. The number of anilines is 1. The van der Waals surface area contributed by atoms with E-state index in [2.05, 4.69) is 5.32 Å². The molecule has 4 rings (SSSR count). The fourth-order valence-electron chi connectivity index (χ4n) is 4.30. The Hall–Kier alpha value is -3.15. The number of fused-ring (bicyclic) bond motifs is 1. The SMILES string of the molecule is COc1cc2c(c(OC)c1)[C@H](c1cc(OC)ccc1OC)C1=C(CCCC1=O)N2. The van der Waals surface area contributed by atoms with Gasteiger partial charge in [-0.15, -0.1) is 0 Å². The van der Waals surface area contributed by atoms with E-state index >= 15 is 0 Å². The summed E-state index contributed by atoms with van der Waals surface area (Å²) in [4.78, 5) is 13.1. The van der Waals surface area contributed by atoms with Gasteiger partial charge in [-0.05, 0) is 31.0 Å². The molecule has 6 nitrogen and oxygen atoms in total. The first-order valence-electron chi connectivity index (χ1n) is 9.62. The second-order valence-electron chi connectivity index (χ2n) is 7.13. The number of ketones is 1. The summed E-state index contributed by atoms with van der Waals surface area (Å²) in [5, 5.41) is 3.47. The Morgan fingerprint density at radius 1 is 0.862 bits per heavy atom. The van der Waals surface area contributed by atoms with E-state index in [4.69, 9.17) is 18.9 Å². The number of hydrogen-bond donors (Lipinski definition) is 1. The molecule has 0 amide bonds. The number of carbonyl (C=O) groups excluding carboxylic acids is 1. The fraction of sp³-hybridized carbons (Fsp3) is 0.348. The van der Waals surface area contributed by atoms with Crippen LogP contribution in [0.15, 0.2) is 41.6 Å². The van der Waals surface area contributed by atoms with Crippen LogP contribution in [0.1, 0.15) is 36.3 Å². The zero-order valence-corrected chi connectivity index (χ0v) is 17.1. The van der Waals surface area contributed by atoms with Gasteiger partial charge in [0, 0.05) is 52.6 Å². The standard InChI is InChI=1S/C23H25NO5/c1-26-13-8-9-19(28-3)15(10-13)21-22-16(6-5-7-18(22)25)24-17-11-14(27-2)12-20(29-4)23(17)21/h8-12,21,24H,5-7H2,1-4H3/t21-/m1/s1. The highest BCUT2D eigenvalue weighted by atomic mass is 16.5. The molecule has 2 aromatic rings. The lowest BCUT2D eigenvalue weighted by Gasteiger charge is -2.35. The number of allylic oxidation sites excluding steroid dienone is 2. The van der Waals surface area contributed by atoms with Crippen molar-refractivity contribution in [3.8, 4) is 23.0 Å². The minimum atomic E-state index is -0.319. The molecule has 0 spiro atoms. The van der Waals surface area contributed by atoms with E-state index in [9.17, 15) is 4.79 Å². The van der Waals surface area contributed by atoms with Crippen LogP contribution >= 0.6 is 0 Å². The Labute approximate surface area is 170 Å². The van der Waals surface area contributed by atoms with E-state index in [1.165, 1.54) is 0 Å². The van der Waals surface area contributed by atoms with Crippen molar-refractivity contribution in [1.29, 1.82) is 0 Å². The molecule has 2 aromatic carbocycles. The summed E-state index contributed by atoms with van der Waals surface area (Å²) >= 11 is 0. The smallest absolute Gasteiger partial charge is 0.161 e. The normalized spacial score (nSPS) is 17.8. The van der Waals surface area contributed by atoms with Gasteiger partial charge >= 0.3 is 0 Å². The highest BCUT2D eigenvalue weighted by Gasteiger charge is 2.38. The molecule has 2 aliphatic rings. The van der Waals surface area contributed by atoms with Crippen LogP contribution in [0.3, 0.4) is 0 Å². The minimum absolute atomic E-state index is 0.150. The largest absolute Gasteiger partial charge is 0.497 e. The fourth-order valence-corrected chi connectivity index (χ4v) is 4.30. The number of ether oxygens (including phenoxy) is 4. The zero-order chi connectivity index (χ0) is 20.5. The van der Waals surface area contributed by atoms with Crippen LogP contribution in [-0.4, -0.2) is 34.2 Å². The molecule has 0 unspecified atom stereocenters. The molecule has 1 N–H and O–H groups in total. The molecule has 0 saturated carbocycles. The summed E-state index contributed by atoms with van der Waals surface area (Å²) in [6.45, 7) is 0. The minimum Gasteiger partial charge on any atom is -0.497 e. The highest BCUT2D eigenvalue weighted by molar-refractivity contribution is 6.01. The summed E-state index contributed by atoms with van der Waals surface area (Å²) in [6.07, 6.45) is 2.20. The van der Waals surface area contributed by atoms with E-state index < -0.39 is 0 Å². The van der Waals surface area contributed by atoms with Crippen molar-refractivity contribution >= 4 is 11.5 Å². The highest BCUT2D eigenvalue weighted by Crippen LogP contribution is 2.52. The Kier molecular flexibility index (Phi) is 5.09. The predicted molar refractivity (Wildman–Crippen MR) is 110 cm³/mol. The quantitative estimate of drug-likeness (QED) is 0.815. The molecule has 6 heteroatoms. The second-order valence-corrected chi connectivity index (χ2v) is 7.13. The summed E-state index contributed by atoms with van der Waals surface area (Å²) < 4.78 is 22.3. The molecule has 1 aliphatic carbocycles. The predicted octanol–water partition coefficient (Wildman–Crippen LogP) is 4.29.